The zero-order valence-corrected chi connectivity index (χ0v) is 18.6. The number of benzene rings is 2. The van der Waals surface area contributed by atoms with E-state index in [0.717, 1.165) is 37.6 Å². The van der Waals surface area contributed by atoms with Crippen LogP contribution in [0.4, 0.5) is 15.8 Å². The Bertz CT molecular complexity index is 871. The van der Waals surface area contributed by atoms with E-state index in [2.05, 4.69) is 27.7 Å². The Kier molecular flexibility index (Phi) is 8.31. The molecule has 31 heavy (non-hydrogen) atoms. The summed E-state index contributed by atoms with van der Waals surface area (Å²) in [6.07, 6.45) is 0. The van der Waals surface area contributed by atoms with Crippen molar-refractivity contribution in [2.45, 2.75) is 25.1 Å². The molecule has 0 aliphatic carbocycles. The first-order valence-corrected chi connectivity index (χ1v) is 11.4. The Morgan fingerprint density at radius 2 is 1.71 bits per heavy atom. The van der Waals surface area contributed by atoms with E-state index in [0.29, 0.717) is 5.69 Å². The highest BCUT2D eigenvalue weighted by Gasteiger charge is 2.18. The summed E-state index contributed by atoms with van der Waals surface area (Å²) in [7, 11) is 0. The summed E-state index contributed by atoms with van der Waals surface area (Å²) in [4.78, 5) is 26.9. The fourth-order valence-corrected chi connectivity index (χ4v) is 3.91. The van der Waals surface area contributed by atoms with E-state index >= 15 is 0 Å². The molecule has 166 valence electrons. The molecule has 8 heteroatoms. The number of ether oxygens (including phenoxy) is 1. The van der Waals surface area contributed by atoms with Gasteiger partial charge in [-0.3, -0.25) is 9.59 Å². The van der Waals surface area contributed by atoms with Crippen LogP contribution in [0.3, 0.4) is 0 Å². The topological polar surface area (TPSA) is 70.7 Å². The standard InChI is InChI=1S/C23H28FN3O3S/c1-16(18-3-9-21(10-4-18)27-11-13-30-14-12-27)25-23(29)17(2)31-15-22(28)26-20-7-5-19(24)6-8-20/h3-10,16-17H,11-15H2,1-2H3,(H,25,29)(H,26,28). The largest absolute Gasteiger partial charge is 0.378 e. The van der Waals surface area contributed by atoms with E-state index in [9.17, 15) is 14.0 Å². The molecular formula is C23H28FN3O3S. The molecule has 1 aliphatic rings. The molecule has 0 aromatic heterocycles. The fourth-order valence-electron chi connectivity index (χ4n) is 3.22. The molecule has 6 nitrogen and oxygen atoms in total. The number of thioether (sulfide) groups is 1. The van der Waals surface area contributed by atoms with Crippen molar-refractivity contribution in [2.24, 2.45) is 0 Å². The van der Waals surface area contributed by atoms with Gasteiger partial charge in [0.25, 0.3) is 0 Å². The van der Waals surface area contributed by atoms with Crippen molar-refractivity contribution in [3.05, 3.63) is 59.9 Å². The maximum Gasteiger partial charge on any atom is 0.234 e. The van der Waals surface area contributed by atoms with Gasteiger partial charge in [0.05, 0.1) is 30.3 Å². The normalized spacial score (nSPS) is 15.8. The van der Waals surface area contributed by atoms with Crippen LogP contribution in [0.25, 0.3) is 0 Å². The molecule has 2 aromatic carbocycles. The van der Waals surface area contributed by atoms with Crippen molar-refractivity contribution in [1.82, 2.24) is 5.32 Å². The number of amides is 2. The monoisotopic (exact) mass is 445 g/mol. The summed E-state index contributed by atoms with van der Waals surface area (Å²) >= 11 is 1.26. The van der Waals surface area contributed by atoms with Crippen LogP contribution in [0.15, 0.2) is 48.5 Å². The molecule has 1 aliphatic heterocycles. The van der Waals surface area contributed by atoms with Gasteiger partial charge in [-0.25, -0.2) is 4.39 Å². The number of hydrogen-bond donors (Lipinski definition) is 2. The quantitative estimate of drug-likeness (QED) is 0.650. The second-order valence-electron chi connectivity index (χ2n) is 7.43. The fraction of sp³-hybridized carbons (Fsp3) is 0.391. The first-order chi connectivity index (χ1) is 14.9. The molecule has 3 rings (SSSR count). The number of nitrogens with one attached hydrogen (secondary N) is 2. The van der Waals surface area contributed by atoms with Gasteiger partial charge in [-0.1, -0.05) is 12.1 Å². The smallest absolute Gasteiger partial charge is 0.234 e. The highest BCUT2D eigenvalue weighted by atomic mass is 32.2. The zero-order chi connectivity index (χ0) is 22.2. The highest BCUT2D eigenvalue weighted by molar-refractivity contribution is 8.01. The molecule has 0 saturated carbocycles. The number of morpholine rings is 1. The van der Waals surface area contributed by atoms with Crippen molar-refractivity contribution in [3.8, 4) is 0 Å². The van der Waals surface area contributed by atoms with Crippen molar-refractivity contribution in [1.29, 1.82) is 0 Å². The van der Waals surface area contributed by atoms with Crippen LogP contribution in [0.1, 0.15) is 25.5 Å². The molecule has 1 heterocycles. The van der Waals surface area contributed by atoms with E-state index in [-0.39, 0.29) is 34.7 Å². The van der Waals surface area contributed by atoms with Crippen LogP contribution < -0.4 is 15.5 Å². The van der Waals surface area contributed by atoms with Gasteiger partial charge in [0, 0.05) is 24.5 Å². The Labute approximate surface area is 186 Å². The Hall–Kier alpha value is -2.58. The maximum atomic E-state index is 12.9. The second-order valence-corrected chi connectivity index (χ2v) is 8.76. The minimum Gasteiger partial charge on any atom is -0.378 e. The van der Waals surface area contributed by atoms with Crippen molar-refractivity contribution < 1.29 is 18.7 Å². The van der Waals surface area contributed by atoms with E-state index < -0.39 is 0 Å². The van der Waals surface area contributed by atoms with Crippen LogP contribution in [0.5, 0.6) is 0 Å². The maximum absolute atomic E-state index is 12.9. The highest BCUT2D eigenvalue weighted by Crippen LogP contribution is 2.21. The molecular weight excluding hydrogens is 417 g/mol. The van der Waals surface area contributed by atoms with Gasteiger partial charge in [0.2, 0.25) is 11.8 Å². The van der Waals surface area contributed by atoms with Crippen molar-refractivity contribution in [2.75, 3.05) is 42.3 Å². The molecule has 1 fully saturated rings. The number of anilines is 2. The second kappa shape index (κ2) is 11.2. The molecule has 0 radical (unpaired) electrons. The third-order valence-corrected chi connectivity index (χ3v) is 6.23. The van der Waals surface area contributed by atoms with Gasteiger partial charge in [0.1, 0.15) is 5.82 Å². The van der Waals surface area contributed by atoms with Crippen molar-refractivity contribution >= 4 is 35.0 Å². The summed E-state index contributed by atoms with van der Waals surface area (Å²) in [5, 5.41) is 5.32. The lowest BCUT2D eigenvalue weighted by molar-refractivity contribution is -0.120. The SMILES string of the molecule is CC(SCC(=O)Nc1ccc(F)cc1)C(=O)NC(C)c1ccc(N2CCOCC2)cc1. The first-order valence-electron chi connectivity index (χ1n) is 10.3. The lowest BCUT2D eigenvalue weighted by Crippen LogP contribution is -2.36. The number of rotatable bonds is 8. The Morgan fingerprint density at radius 3 is 2.35 bits per heavy atom. The number of hydrogen-bond acceptors (Lipinski definition) is 5. The molecule has 0 spiro atoms. The summed E-state index contributed by atoms with van der Waals surface area (Å²) in [6, 6.07) is 13.6. The summed E-state index contributed by atoms with van der Waals surface area (Å²) in [5.74, 6) is -0.580. The summed E-state index contributed by atoms with van der Waals surface area (Å²) in [5.41, 5.74) is 2.71. The minimum absolute atomic E-state index is 0.121. The van der Waals surface area contributed by atoms with Crippen LogP contribution in [0, 0.1) is 5.82 Å². The van der Waals surface area contributed by atoms with E-state index in [1.54, 1.807) is 6.92 Å². The average Bonchev–Trinajstić information content (AvgIpc) is 2.79. The van der Waals surface area contributed by atoms with Crippen LogP contribution in [-0.2, 0) is 14.3 Å². The number of carbonyl (C=O) groups is 2. The number of carbonyl (C=O) groups excluding carboxylic acids is 2. The molecule has 2 amide bonds. The van der Waals surface area contributed by atoms with E-state index in [1.165, 1.54) is 36.0 Å². The lowest BCUT2D eigenvalue weighted by Gasteiger charge is -2.29. The van der Waals surface area contributed by atoms with Gasteiger partial charge in [-0.15, -0.1) is 11.8 Å². The van der Waals surface area contributed by atoms with Crippen LogP contribution in [0.2, 0.25) is 0 Å². The zero-order valence-electron chi connectivity index (χ0n) is 17.8. The Morgan fingerprint density at radius 1 is 1.06 bits per heavy atom. The lowest BCUT2D eigenvalue weighted by atomic mass is 10.1. The number of halogens is 1. The van der Waals surface area contributed by atoms with Gasteiger partial charge in [0.15, 0.2) is 0 Å². The van der Waals surface area contributed by atoms with Crippen molar-refractivity contribution in [3.63, 3.8) is 0 Å². The van der Waals surface area contributed by atoms with Gasteiger partial charge < -0.3 is 20.3 Å². The van der Waals surface area contributed by atoms with Crippen LogP contribution >= 0.6 is 11.8 Å². The molecule has 2 unspecified atom stereocenters. The third-order valence-electron chi connectivity index (χ3n) is 5.09. The van der Waals surface area contributed by atoms with E-state index in [1.807, 2.05) is 19.1 Å². The Balaban J connectivity index is 1.44. The molecule has 1 saturated heterocycles. The molecule has 0 bridgehead atoms. The van der Waals surface area contributed by atoms with E-state index in [4.69, 9.17) is 4.74 Å². The summed E-state index contributed by atoms with van der Waals surface area (Å²) in [6.45, 7) is 6.97. The van der Waals surface area contributed by atoms with Gasteiger partial charge >= 0.3 is 0 Å². The summed E-state index contributed by atoms with van der Waals surface area (Å²) < 4.78 is 18.3. The molecule has 2 atom stereocenters. The number of nitrogens with zero attached hydrogens (tertiary/aromatic N) is 1. The first kappa shape index (κ1) is 23.1. The molecule has 2 aromatic rings. The van der Waals surface area contributed by atoms with Gasteiger partial charge in [-0.05, 0) is 55.8 Å². The predicted octanol–water partition coefficient (Wildman–Crippen LogP) is 3.60. The van der Waals surface area contributed by atoms with Crippen LogP contribution in [-0.4, -0.2) is 49.1 Å². The third kappa shape index (κ3) is 6.97. The predicted molar refractivity (Wildman–Crippen MR) is 123 cm³/mol. The minimum atomic E-state index is -0.381. The molecule has 2 N–H and O–H groups in total. The average molecular weight is 446 g/mol. The van der Waals surface area contributed by atoms with Gasteiger partial charge in [-0.2, -0.15) is 0 Å².